The van der Waals surface area contributed by atoms with Gasteiger partial charge in [-0.2, -0.15) is 0 Å². The zero-order valence-electron chi connectivity index (χ0n) is 21.2. The van der Waals surface area contributed by atoms with Crippen molar-refractivity contribution in [2.24, 2.45) is 0 Å². The van der Waals surface area contributed by atoms with Gasteiger partial charge in [0.05, 0.1) is 11.0 Å². The van der Waals surface area contributed by atoms with Crippen LogP contribution in [0.4, 0.5) is 20.3 Å². The number of para-hydroxylation sites is 1. The molecule has 0 atom stereocenters. The summed E-state index contributed by atoms with van der Waals surface area (Å²) in [6, 6.07) is 10.2. The first kappa shape index (κ1) is 25.5. The summed E-state index contributed by atoms with van der Waals surface area (Å²) in [5.74, 6) is -0.267. The molecule has 0 unspecified atom stereocenters. The van der Waals surface area contributed by atoms with Gasteiger partial charge in [-0.05, 0) is 37.5 Å². The molecule has 36 heavy (non-hydrogen) atoms. The van der Waals surface area contributed by atoms with E-state index >= 15 is 0 Å². The first-order chi connectivity index (χ1) is 17.3. The fourth-order valence-corrected chi connectivity index (χ4v) is 4.70. The first-order valence-electron chi connectivity index (χ1n) is 12.5. The number of rotatable bonds is 11. The van der Waals surface area contributed by atoms with Gasteiger partial charge in [0.15, 0.2) is 11.6 Å². The molecule has 4 rings (SSSR count). The number of hydrogen-bond donors (Lipinski definition) is 1. The van der Waals surface area contributed by atoms with Crippen LogP contribution in [0.5, 0.6) is 0 Å². The van der Waals surface area contributed by atoms with E-state index in [0.717, 1.165) is 78.5 Å². The van der Waals surface area contributed by atoms with E-state index in [-0.39, 0.29) is 23.5 Å². The van der Waals surface area contributed by atoms with Crippen LogP contribution >= 0.6 is 0 Å². The third-order valence-electron chi connectivity index (χ3n) is 6.51. The maximum atomic E-state index is 14.3. The number of halogens is 2. The molecule has 0 saturated carbocycles. The molecule has 190 valence electrons. The van der Waals surface area contributed by atoms with Gasteiger partial charge < -0.3 is 15.2 Å². The molecule has 2 aromatic carbocycles. The number of nitrogens with two attached hydrogens (primary N) is 1. The Kier molecular flexibility index (Phi) is 7.82. The van der Waals surface area contributed by atoms with Crippen molar-refractivity contribution in [2.45, 2.75) is 58.4 Å². The number of imidazole rings is 1. The Bertz CT molecular complexity index is 1370. The van der Waals surface area contributed by atoms with E-state index in [2.05, 4.69) is 16.5 Å². The lowest BCUT2D eigenvalue weighted by molar-refractivity contribution is 0.0978. The van der Waals surface area contributed by atoms with Crippen molar-refractivity contribution in [1.82, 2.24) is 14.5 Å². The topological polar surface area (TPSA) is 77.0 Å². The SMILES string of the molecule is CCCCc1nc2c(N)nc3ccccc3c2n1CCCCCC(=O)c1cc(F)c(N(C)C)c(F)c1. The minimum absolute atomic E-state index is 0.0764. The number of carbonyl (C=O) groups excluding carboxylic acids is 1. The van der Waals surface area contributed by atoms with Gasteiger partial charge in [-0.25, -0.2) is 18.7 Å². The van der Waals surface area contributed by atoms with Crippen molar-refractivity contribution >= 4 is 39.2 Å². The van der Waals surface area contributed by atoms with E-state index < -0.39 is 11.6 Å². The standard InChI is InChI=1S/C28H33F2N5O/c1-4-5-14-24-33-25-26(19-11-8-9-12-22(19)32-28(25)31)35(24)15-10-6-7-13-23(36)18-16-20(29)27(34(2)3)21(30)17-18/h8-9,11-12,16-17H,4-7,10,13-15H2,1-3H3,(H2,31,32). The molecule has 0 aliphatic heterocycles. The van der Waals surface area contributed by atoms with Gasteiger partial charge in [0.1, 0.15) is 28.7 Å². The molecule has 6 nitrogen and oxygen atoms in total. The highest BCUT2D eigenvalue weighted by molar-refractivity contribution is 6.06. The minimum Gasteiger partial charge on any atom is -0.382 e. The summed E-state index contributed by atoms with van der Waals surface area (Å²) in [6.45, 7) is 2.90. The zero-order chi connectivity index (χ0) is 25.8. The van der Waals surface area contributed by atoms with E-state index in [1.807, 2.05) is 24.3 Å². The molecule has 0 spiro atoms. The predicted octanol–water partition coefficient (Wildman–Crippen LogP) is 6.30. The molecule has 0 bridgehead atoms. The van der Waals surface area contributed by atoms with Gasteiger partial charge in [-0.15, -0.1) is 0 Å². The molecule has 2 heterocycles. The Labute approximate surface area is 210 Å². The number of ketones is 1. The zero-order valence-corrected chi connectivity index (χ0v) is 21.2. The van der Waals surface area contributed by atoms with Crippen molar-refractivity contribution in [3.05, 3.63) is 59.4 Å². The van der Waals surface area contributed by atoms with Gasteiger partial charge in [0.2, 0.25) is 0 Å². The number of nitrogen functional groups attached to an aromatic ring is 1. The monoisotopic (exact) mass is 493 g/mol. The van der Waals surface area contributed by atoms with Crippen LogP contribution < -0.4 is 10.6 Å². The number of Topliss-reactive ketones (excluding diaryl/α,β-unsaturated/α-hetero) is 1. The van der Waals surface area contributed by atoms with E-state index in [0.29, 0.717) is 12.2 Å². The second-order valence-electron chi connectivity index (χ2n) is 9.41. The van der Waals surface area contributed by atoms with Crippen LogP contribution in [0.2, 0.25) is 0 Å². The van der Waals surface area contributed by atoms with Gasteiger partial charge in [0, 0.05) is 44.4 Å². The number of carbonyl (C=O) groups is 1. The van der Waals surface area contributed by atoms with Gasteiger partial charge >= 0.3 is 0 Å². The van der Waals surface area contributed by atoms with Crippen LogP contribution in [0.25, 0.3) is 21.9 Å². The van der Waals surface area contributed by atoms with Gasteiger partial charge in [0.25, 0.3) is 0 Å². The van der Waals surface area contributed by atoms with Crippen LogP contribution in [0, 0.1) is 11.6 Å². The quantitative estimate of drug-likeness (QED) is 0.196. The number of hydrogen-bond acceptors (Lipinski definition) is 5. The lowest BCUT2D eigenvalue weighted by atomic mass is 10.0. The van der Waals surface area contributed by atoms with E-state index in [9.17, 15) is 13.6 Å². The summed E-state index contributed by atoms with van der Waals surface area (Å²) in [6.07, 6.45) is 5.48. The number of aromatic nitrogens is 3. The molecule has 0 amide bonds. The largest absolute Gasteiger partial charge is 0.382 e. The number of unbranched alkanes of at least 4 members (excludes halogenated alkanes) is 3. The van der Waals surface area contributed by atoms with Crippen molar-refractivity contribution < 1.29 is 13.6 Å². The lowest BCUT2D eigenvalue weighted by Crippen LogP contribution is -2.14. The summed E-state index contributed by atoms with van der Waals surface area (Å²) in [5.41, 5.74) is 8.79. The average Bonchev–Trinajstić information content (AvgIpc) is 3.21. The molecule has 0 radical (unpaired) electrons. The van der Waals surface area contributed by atoms with Crippen molar-refractivity contribution in [3.63, 3.8) is 0 Å². The summed E-state index contributed by atoms with van der Waals surface area (Å²) < 4.78 is 30.8. The van der Waals surface area contributed by atoms with Crippen molar-refractivity contribution in [1.29, 1.82) is 0 Å². The highest BCUT2D eigenvalue weighted by Crippen LogP contribution is 2.30. The molecule has 0 fully saturated rings. The van der Waals surface area contributed by atoms with Gasteiger partial charge in [-0.1, -0.05) is 38.0 Å². The van der Waals surface area contributed by atoms with Crippen LogP contribution in [0.3, 0.4) is 0 Å². The lowest BCUT2D eigenvalue weighted by Gasteiger charge is -2.15. The number of benzene rings is 2. The van der Waals surface area contributed by atoms with Crippen LogP contribution in [0.15, 0.2) is 36.4 Å². The maximum Gasteiger partial charge on any atom is 0.163 e. The predicted molar refractivity (Wildman–Crippen MR) is 142 cm³/mol. The molecule has 8 heteroatoms. The number of nitrogens with zero attached hydrogens (tertiary/aromatic N) is 4. The molecule has 2 N–H and O–H groups in total. The van der Waals surface area contributed by atoms with Crippen LogP contribution in [-0.4, -0.2) is 34.4 Å². The van der Waals surface area contributed by atoms with E-state index in [4.69, 9.17) is 10.7 Å². The molecule has 0 aliphatic rings. The average molecular weight is 494 g/mol. The van der Waals surface area contributed by atoms with E-state index in [1.165, 1.54) is 4.90 Å². The maximum absolute atomic E-state index is 14.3. The Morgan fingerprint density at radius 3 is 2.44 bits per heavy atom. The van der Waals surface area contributed by atoms with E-state index in [1.54, 1.807) is 14.1 Å². The number of pyridine rings is 1. The number of anilines is 2. The second-order valence-corrected chi connectivity index (χ2v) is 9.41. The Balaban J connectivity index is 1.46. The first-order valence-corrected chi connectivity index (χ1v) is 12.5. The molecule has 2 aromatic heterocycles. The summed E-state index contributed by atoms with van der Waals surface area (Å²) in [4.78, 5) is 23.3. The Hall–Kier alpha value is -3.55. The highest BCUT2D eigenvalue weighted by Gasteiger charge is 2.18. The Morgan fingerprint density at radius 2 is 1.75 bits per heavy atom. The van der Waals surface area contributed by atoms with Crippen molar-refractivity contribution in [2.75, 3.05) is 24.7 Å². The summed E-state index contributed by atoms with van der Waals surface area (Å²) in [7, 11) is 3.13. The fraction of sp³-hybridized carbons (Fsp3) is 0.393. The summed E-state index contributed by atoms with van der Waals surface area (Å²) >= 11 is 0. The van der Waals surface area contributed by atoms with Gasteiger partial charge in [-0.3, -0.25) is 4.79 Å². The normalized spacial score (nSPS) is 11.5. The Morgan fingerprint density at radius 1 is 1.03 bits per heavy atom. The summed E-state index contributed by atoms with van der Waals surface area (Å²) in [5, 5.41) is 1.03. The molecule has 4 aromatic rings. The van der Waals surface area contributed by atoms with Crippen LogP contribution in [0.1, 0.15) is 61.6 Å². The molecule has 0 aliphatic carbocycles. The highest BCUT2D eigenvalue weighted by atomic mass is 19.1. The molecular weight excluding hydrogens is 460 g/mol. The number of fused-ring (bicyclic) bond motifs is 3. The second kappa shape index (κ2) is 11.0. The minimum atomic E-state index is -0.726. The van der Waals surface area contributed by atoms with Crippen LogP contribution in [-0.2, 0) is 13.0 Å². The number of aryl methyl sites for hydroxylation is 2. The third kappa shape index (κ3) is 5.17. The fourth-order valence-electron chi connectivity index (χ4n) is 4.70. The molecular formula is C28H33F2N5O. The smallest absolute Gasteiger partial charge is 0.163 e. The third-order valence-corrected chi connectivity index (χ3v) is 6.51. The molecule has 0 saturated heterocycles. The van der Waals surface area contributed by atoms with Crippen molar-refractivity contribution in [3.8, 4) is 0 Å².